The molecule has 1 aliphatic rings. The van der Waals surface area contributed by atoms with Gasteiger partial charge in [0.05, 0.1) is 5.01 Å². The minimum Gasteiger partial charge on any atom is -0.314 e. The fourth-order valence-electron chi connectivity index (χ4n) is 1.52. The molecule has 2 nitrogen and oxygen atoms in total. The van der Waals surface area contributed by atoms with Crippen molar-refractivity contribution in [1.29, 1.82) is 0 Å². The molecular formula is C11H18N2S. The number of aromatic nitrogens is 1. The van der Waals surface area contributed by atoms with Crippen LogP contribution >= 0.6 is 11.3 Å². The van der Waals surface area contributed by atoms with E-state index in [1.54, 1.807) is 11.3 Å². The summed E-state index contributed by atoms with van der Waals surface area (Å²) in [5.41, 5.74) is 1.16. The highest BCUT2D eigenvalue weighted by Crippen LogP contribution is 2.19. The maximum absolute atomic E-state index is 4.48. The molecule has 0 aromatic carbocycles. The van der Waals surface area contributed by atoms with E-state index in [4.69, 9.17) is 0 Å². The van der Waals surface area contributed by atoms with Gasteiger partial charge < -0.3 is 5.32 Å². The van der Waals surface area contributed by atoms with Crippen LogP contribution in [0.5, 0.6) is 0 Å². The van der Waals surface area contributed by atoms with Crippen molar-refractivity contribution in [2.24, 2.45) is 5.92 Å². The van der Waals surface area contributed by atoms with Gasteiger partial charge >= 0.3 is 0 Å². The molecule has 1 aliphatic carbocycles. The molecule has 14 heavy (non-hydrogen) atoms. The molecule has 1 atom stereocenters. The Bertz CT molecular complexity index is 291. The highest BCUT2D eigenvalue weighted by molar-refractivity contribution is 7.09. The Morgan fingerprint density at radius 3 is 3.00 bits per heavy atom. The van der Waals surface area contributed by atoms with E-state index >= 15 is 0 Å². The Morgan fingerprint density at radius 2 is 2.43 bits per heavy atom. The summed E-state index contributed by atoms with van der Waals surface area (Å²) in [5.74, 6) is 0.709. The van der Waals surface area contributed by atoms with E-state index in [1.165, 1.54) is 17.8 Å². The lowest BCUT2D eigenvalue weighted by molar-refractivity contribution is 0.508. The van der Waals surface area contributed by atoms with E-state index in [-0.39, 0.29) is 0 Å². The molecule has 0 bridgehead atoms. The number of thiazole rings is 1. The molecule has 0 spiro atoms. The molecule has 78 valence electrons. The fourth-order valence-corrected chi connectivity index (χ4v) is 2.46. The molecule has 0 amide bonds. The summed E-state index contributed by atoms with van der Waals surface area (Å²) in [6.45, 7) is 5.50. The molecule has 0 saturated heterocycles. The van der Waals surface area contributed by atoms with Crippen molar-refractivity contribution in [1.82, 2.24) is 10.3 Å². The Balaban J connectivity index is 1.72. The van der Waals surface area contributed by atoms with E-state index in [0.717, 1.165) is 24.7 Å². The molecule has 1 saturated carbocycles. The average molecular weight is 210 g/mol. The second kappa shape index (κ2) is 4.41. The summed E-state index contributed by atoms with van der Waals surface area (Å²) in [5, 5.41) is 6.98. The van der Waals surface area contributed by atoms with Crippen molar-refractivity contribution in [3.8, 4) is 0 Å². The van der Waals surface area contributed by atoms with Gasteiger partial charge in [-0.3, -0.25) is 0 Å². The minimum absolute atomic E-state index is 0.709. The highest BCUT2D eigenvalue weighted by Gasteiger charge is 2.20. The van der Waals surface area contributed by atoms with Gasteiger partial charge in [-0.2, -0.15) is 0 Å². The van der Waals surface area contributed by atoms with Gasteiger partial charge in [-0.15, -0.1) is 11.3 Å². The number of nitrogens with zero attached hydrogens (tertiary/aromatic N) is 1. The van der Waals surface area contributed by atoms with Crippen LogP contribution in [0, 0.1) is 12.8 Å². The number of nitrogens with one attached hydrogen (secondary N) is 1. The topological polar surface area (TPSA) is 24.9 Å². The van der Waals surface area contributed by atoms with Crippen LogP contribution in [0.4, 0.5) is 0 Å². The summed E-state index contributed by atoms with van der Waals surface area (Å²) in [4.78, 5) is 4.48. The average Bonchev–Trinajstić information content (AvgIpc) is 2.88. The molecule has 1 heterocycles. The van der Waals surface area contributed by atoms with Crippen molar-refractivity contribution in [2.45, 2.75) is 39.2 Å². The van der Waals surface area contributed by atoms with Gasteiger partial charge in [0.2, 0.25) is 0 Å². The van der Waals surface area contributed by atoms with E-state index in [9.17, 15) is 0 Å². The third-order valence-corrected chi connectivity index (χ3v) is 3.51. The van der Waals surface area contributed by atoms with Crippen molar-refractivity contribution in [3.63, 3.8) is 0 Å². The Hall–Kier alpha value is -0.410. The molecule has 1 N–H and O–H groups in total. The minimum atomic E-state index is 0.709. The maximum atomic E-state index is 4.48. The highest BCUT2D eigenvalue weighted by atomic mass is 32.1. The SMILES string of the molecule is Cc1csc(CC(C)CNC2CC2)n1. The first kappa shape index (κ1) is 10.1. The van der Waals surface area contributed by atoms with Gasteiger partial charge in [0.1, 0.15) is 0 Å². The van der Waals surface area contributed by atoms with Gasteiger partial charge in [0.25, 0.3) is 0 Å². The second-order valence-electron chi connectivity index (χ2n) is 4.37. The van der Waals surface area contributed by atoms with Crippen LogP contribution in [0.2, 0.25) is 0 Å². The van der Waals surface area contributed by atoms with Crippen molar-refractivity contribution < 1.29 is 0 Å². The lowest BCUT2D eigenvalue weighted by Crippen LogP contribution is -2.24. The van der Waals surface area contributed by atoms with Crippen LogP contribution < -0.4 is 5.32 Å². The zero-order valence-electron chi connectivity index (χ0n) is 8.92. The van der Waals surface area contributed by atoms with E-state index in [0.29, 0.717) is 5.92 Å². The maximum Gasteiger partial charge on any atom is 0.0931 e. The van der Waals surface area contributed by atoms with E-state index < -0.39 is 0 Å². The molecule has 1 unspecified atom stereocenters. The monoisotopic (exact) mass is 210 g/mol. The lowest BCUT2D eigenvalue weighted by Gasteiger charge is -2.09. The second-order valence-corrected chi connectivity index (χ2v) is 5.32. The smallest absolute Gasteiger partial charge is 0.0931 e. The molecule has 1 aromatic heterocycles. The third kappa shape index (κ3) is 3.07. The summed E-state index contributed by atoms with van der Waals surface area (Å²) in [6.07, 6.45) is 3.88. The summed E-state index contributed by atoms with van der Waals surface area (Å²) in [7, 11) is 0. The standard InChI is InChI=1S/C11H18N2S/c1-8(6-12-10-3-4-10)5-11-13-9(2)7-14-11/h7-8,10,12H,3-6H2,1-2H3. The quantitative estimate of drug-likeness (QED) is 0.807. The number of hydrogen-bond acceptors (Lipinski definition) is 3. The third-order valence-electron chi connectivity index (χ3n) is 2.52. The molecular weight excluding hydrogens is 192 g/mol. The first-order valence-electron chi connectivity index (χ1n) is 5.38. The zero-order chi connectivity index (χ0) is 9.97. The Labute approximate surface area is 89.8 Å². The summed E-state index contributed by atoms with van der Waals surface area (Å²) < 4.78 is 0. The van der Waals surface area contributed by atoms with Gasteiger partial charge in [-0.05, 0) is 32.2 Å². The Morgan fingerprint density at radius 1 is 1.64 bits per heavy atom. The predicted molar refractivity (Wildman–Crippen MR) is 60.7 cm³/mol. The summed E-state index contributed by atoms with van der Waals surface area (Å²) in [6, 6.07) is 0.829. The largest absolute Gasteiger partial charge is 0.314 e. The lowest BCUT2D eigenvalue weighted by atomic mass is 10.1. The first-order chi connectivity index (χ1) is 6.74. The zero-order valence-corrected chi connectivity index (χ0v) is 9.73. The molecule has 1 aromatic rings. The summed E-state index contributed by atoms with van der Waals surface area (Å²) >= 11 is 1.79. The molecule has 0 radical (unpaired) electrons. The van der Waals surface area contributed by atoms with Crippen molar-refractivity contribution in [3.05, 3.63) is 16.1 Å². The number of aryl methyl sites for hydroxylation is 1. The van der Waals surface area contributed by atoms with Crippen molar-refractivity contribution in [2.75, 3.05) is 6.54 Å². The molecule has 3 heteroatoms. The van der Waals surface area contributed by atoms with Crippen molar-refractivity contribution >= 4 is 11.3 Å². The van der Waals surface area contributed by atoms with Gasteiger partial charge in [-0.25, -0.2) is 4.98 Å². The number of rotatable bonds is 5. The number of hydrogen-bond donors (Lipinski definition) is 1. The van der Waals surface area contributed by atoms with Gasteiger partial charge in [0.15, 0.2) is 0 Å². The van der Waals surface area contributed by atoms with E-state index in [1.807, 2.05) is 0 Å². The molecule has 2 rings (SSSR count). The fraction of sp³-hybridized carbons (Fsp3) is 0.727. The van der Waals surface area contributed by atoms with Gasteiger partial charge in [0, 0.05) is 23.5 Å². The van der Waals surface area contributed by atoms with Crippen LogP contribution in [-0.2, 0) is 6.42 Å². The Kier molecular flexibility index (Phi) is 3.19. The molecule has 1 fully saturated rings. The first-order valence-corrected chi connectivity index (χ1v) is 6.26. The van der Waals surface area contributed by atoms with E-state index in [2.05, 4.69) is 29.5 Å². The van der Waals surface area contributed by atoms with Crippen LogP contribution in [0.25, 0.3) is 0 Å². The van der Waals surface area contributed by atoms with Crippen LogP contribution in [0.15, 0.2) is 5.38 Å². The van der Waals surface area contributed by atoms with Crippen LogP contribution in [-0.4, -0.2) is 17.6 Å². The predicted octanol–water partition coefficient (Wildman–Crippen LogP) is 2.38. The normalized spacial score (nSPS) is 18.4. The van der Waals surface area contributed by atoms with Crippen LogP contribution in [0.3, 0.4) is 0 Å². The molecule has 0 aliphatic heterocycles. The van der Waals surface area contributed by atoms with Gasteiger partial charge in [-0.1, -0.05) is 6.92 Å². The van der Waals surface area contributed by atoms with Crippen LogP contribution in [0.1, 0.15) is 30.5 Å².